The molecule has 0 saturated carbocycles. The van der Waals surface area contributed by atoms with E-state index in [1.807, 2.05) is 0 Å². The second-order valence-corrected chi connectivity index (χ2v) is 1.50. The zero-order valence-corrected chi connectivity index (χ0v) is 10.1. The van der Waals surface area contributed by atoms with Crippen molar-refractivity contribution in [3.05, 3.63) is 29.8 Å². The van der Waals surface area contributed by atoms with Crippen LogP contribution in [0.25, 0.3) is 0 Å². The van der Waals surface area contributed by atoms with Crippen molar-refractivity contribution < 1.29 is 20.7 Å². The van der Waals surface area contributed by atoms with Gasteiger partial charge in [-0.2, -0.15) is 6.07 Å². The second kappa shape index (κ2) is 5.93. The zero-order valence-electron chi connectivity index (χ0n) is 5.56. The summed E-state index contributed by atoms with van der Waals surface area (Å²) in [5.74, 6) is -0.443. The Bertz CT molecular complexity index is 178. The van der Waals surface area contributed by atoms with Gasteiger partial charge in [0.05, 0.1) is 0 Å². The van der Waals surface area contributed by atoms with Crippen molar-refractivity contribution in [2.45, 2.75) is 6.92 Å². The van der Waals surface area contributed by atoms with Gasteiger partial charge in [-0.1, -0.05) is 5.69 Å². The molecule has 1 aromatic heterocycles. The van der Waals surface area contributed by atoms with Gasteiger partial charge < -0.3 is 0 Å². The molecule has 1 rings (SSSR count). The first kappa shape index (κ1) is 10.2. The number of aryl methyl sites for hydroxylation is 1. The van der Waals surface area contributed by atoms with Crippen molar-refractivity contribution in [2.24, 2.45) is 0 Å². The third-order valence-corrected chi connectivity index (χ3v) is 0.788. The molecule has 10 heavy (non-hydrogen) atoms. The van der Waals surface area contributed by atoms with Crippen LogP contribution >= 0.6 is 13.6 Å². The first-order valence-corrected chi connectivity index (χ1v) is 9.51. The molecular weight excluding hydrogens is 250 g/mol. The molecule has 0 aromatic carbocycles. The Labute approximate surface area is 76.1 Å². The summed E-state index contributed by atoms with van der Waals surface area (Å²) in [5, 5.41) is 0. The molecule has 50 valence electrons. The van der Waals surface area contributed by atoms with Crippen LogP contribution in [0.5, 0.6) is 0 Å². The quantitative estimate of drug-likeness (QED) is 0.393. The topological polar surface area (TPSA) is 12.9 Å². The van der Waals surface area contributed by atoms with E-state index in [4.69, 9.17) is 0 Å². The van der Waals surface area contributed by atoms with E-state index in [0.717, 1.165) is 0 Å². The van der Waals surface area contributed by atoms with Crippen LogP contribution in [-0.4, -0.2) is 4.98 Å². The van der Waals surface area contributed by atoms with Crippen LogP contribution in [0.4, 0.5) is 4.39 Å². The molecular formula is C6H5BrFNZn. The minimum atomic E-state index is -0.443. The SMILES string of the molecule is Cc1[c-]ccc(F)n1.[Zn+][Br]. The fraction of sp³-hybridized carbons (Fsp3) is 0.167. The average molecular weight is 255 g/mol. The molecule has 0 aliphatic heterocycles. The van der Waals surface area contributed by atoms with Gasteiger partial charge >= 0.3 is 30.0 Å². The van der Waals surface area contributed by atoms with E-state index in [0.29, 0.717) is 5.69 Å². The Morgan fingerprint density at radius 3 is 2.60 bits per heavy atom. The Morgan fingerprint density at radius 2 is 2.30 bits per heavy atom. The third-order valence-electron chi connectivity index (χ3n) is 0.788. The summed E-state index contributed by atoms with van der Waals surface area (Å²) < 4.78 is 12.0. The molecule has 4 heteroatoms. The van der Waals surface area contributed by atoms with Gasteiger partial charge in [0.15, 0.2) is 0 Å². The molecule has 0 saturated heterocycles. The Hall–Kier alpha value is 0.183. The van der Waals surface area contributed by atoms with E-state index in [2.05, 4.69) is 24.7 Å². The predicted molar refractivity (Wildman–Crippen MR) is 36.7 cm³/mol. The summed E-state index contributed by atoms with van der Waals surface area (Å²) in [6.07, 6.45) is 0. The van der Waals surface area contributed by atoms with E-state index in [-0.39, 0.29) is 0 Å². The molecule has 0 atom stereocenters. The Balaban J connectivity index is 0.000000371. The standard InChI is InChI=1S/C6H5FN.BrH.Zn/c1-5-3-2-4-6(7)8-5;;/h2,4H,1H3;1H;/q-1;;+2/p-1. The number of pyridine rings is 1. The summed E-state index contributed by atoms with van der Waals surface area (Å²) in [6.45, 7) is 1.70. The maximum atomic E-state index is 12.0. The van der Waals surface area contributed by atoms with Crippen molar-refractivity contribution in [3.63, 3.8) is 0 Å². The molecule has 0 bridgehead atoms. The predicted octanol–water partition coefficient (Wildman–Crippen LogP) is 2.17. The van der Waals surface area contributed by atoms with E-state index in [1.165, 1.54) is 28.5 Å². The van der Waals surface area contributed by atoms with Crippen LogP contribution in [0.15, 0.2) is 12.1 Å². The number of aromatic nitrogens is 1. The number of rotatable bonds is 0. The molecule has 0 aliphatic rings. The minimum absolute atomic E-state index is 0.443. The first-order valence-electron chi connectivity index (χ1n) is 2.56. The van der Waals surface area contributed by atoms with Gasteiger partial charge in [-0.05, 0) is 6.92 Å². The number of halogens is 2. The van der Waals surface area contributed by atoms with Gasteiger partial charge in [0.25, 0.3) is 0 Å². The monoisotopic (exact) mass is 253 g/mol. The third kappa shape index (κ3) is 4.07. The molecule has 0 spiro atoms. The van der Waals surface area contributed by atoms with Crippen LogP contribution in [0.3, 0.4) is 0 Å². The molecule has 1 aromatic rings. The van der Waals surface area contributed by atoms with Gasteiger partial charge in [0.2, 0.25) is 0 Å². The summed E-state index contributed by atoms with van der Waals surface area (Å²) in [6, 6.07) is 5.50. The molecule has 0 fully saturated rings. The van der Waals surface area contributed by atoms with Crippen LogP contribution in [0, 0.1) is 18.9 Å². The van der Waals surface area contributed by atoms with Crippen molar-refractivity contribution in [2.75, 3.05) is 0 Å². The molecule has 1 heterocycles. The van der Waals surface area contributed by atoms with Gasteiger partial charge in [-0.15, -0.1) is 0 Å². The Morgan fingerprint density at radius 1 is 1.70 bits per heavy atom. The maximum absolute atomic E-state index is 12.0. The second-order valence-electron chi connectivity index (χ2n) is 1.50. The summed E-state index contributed by atoms with van der Waals surface area (Å²) in [5.41, 5.74) is 0.588. The van der Waals surface area contributed by atoms with Crippen LogP contribution in [-0.2, 0) is 16.3 Å². The Kier molecular flexibility index (Phi) is 6.04. The van der Waals surface area contributed by atoms with Crippen LogP contribution < -0.4 is 0 Å². The molecule has 0 amide bonds. The van der Waals surface area contributed by atoms with E-state index in [9.17, 15) is 4.39 Å². The zero-order chi connectivity index (χ0) is 7.98. The van der Waals surface area contributed by atoms with Gasteiger partial charge in [-0.25, -0.2) is 16.5 Å². The van der Waals surface area contributed by atoms with Gasteiger partial charge in [0.1, 0.15) is 5.95 Å². The van der Waals surface area contributed by atoms with Crippen LogP contribution in [0.2, 0.25) is 0 Å². The van der Waals surface area contributed by atoms with E-state index >= 15 is 0 Å². The van der Waals surface area contributed by atoms with Gasteiger partial charge in [-0.3, -0.25) is 4.98 Å². The van der Waals surface area contributed by atoms with Crippen molar-refractivity contribution in [1.82, 2.24) is 4.98 Å². The van der Waals surface area contributed by atoms with E-state index < -0.39 is 5.95 Å². The normalized spacial score (nSPS) is 8.10. The number of hydrogen-bond donors (Lipinski definition) is 0. The first-order chi connectivity index (χ1) is 4.79. The summed E-state index contributed by atoms with van der Waals surface area (Å²) in [4.78, 5) is 3.45. The summed E-state index contributed by atoms with van der Waals surface area (Å²) in [7, 11) is 0. The molecule has 1 nitrogen and oxygen atoms in total. The molecule has 0 unspecified atom stereocenters. The van der Waals surface area contributed by atoms with Crippen molar-refractivity contribution in [1.29, 1.82) is 0 Å². The van der Waals surface area contributed by atoms with E-state index in [1.54, 1.807) is 6.92 Å². The van der Waals surface area contributed by atoms with Crippen molar-refractivity contribution >= 4 is 13.6 Å². The summed E-state index contributed by atoms with van der Waals surface area (Å²) >= 11 is 4.25. The number of hydrogen-bond acceptors (Lipinski definition) is 1. The molecule has 0 N–H and O–H groups in total. The average Bonchev–Trinajstić information content (AvgIpc) is 1.91. The fourth-order valence-corrected chi connectivity index (χ4v) is 0.461. The van der Waals surface area contributed by atoms with Crippen LogP contribution in [0.1, 0.15) is 5.69 Å². The van der Waals surface area contributed by atoms with Gasteiger partial charge in [0, 0.05) is 0 Å². The fourth-order valence-electron chi connectivity index (χ4n) is 0.461. The molecule has 0 radical (unpaired) electrons. The van der Waals surface area contributed by atoms with Crippen molar-refractivity contribution in [3.8, 4) is 0 Å². The number of nitrogens with zero attached hydrogens (tertiary/aromatic N) is 1. The molecule has 0 aliphatic carbocycles.